The van der Waals surface area contributed by atoms with Gasteiger partial charge in [-0.25, -0.2) is 18.1 Å². The Kier molecular flexibility index (Phi) is 4.07. The summed E-state index contributed by atoms with van der Waals surface area (Å²) in [5.74, 6) is 0. The first kappa shape index (κ1) is 15.0. The highest BCUT2D eigenvalue weighted by atomic mass is 32.2. The van der Waals surface area contributed by atoms with Crippen molar-refractivity contribution in [2.75, 3.05) is 6.54 Å². The van der Waals surface area contributed by atoms with E-state index < -0.39 is 10.0 Å². The predicted octanol–water partition coefficient (Wildman–Crippen LogP) is 1.15. The number of nitrogens with zero attached hydrogens (tertiary/aromatic N) is 2. The van der Waals surface area contributed by atoms with Gasteiger partial charge in [0.25, 0.3) is 10.0 Å². The molecule has 1 unspecified atom stereocenters. The summed E-state index contributed by atoms with van der Waals surface area (Å²) in [6, 6.07) is 0.0105. The molecule has 2 heterocycles. The van der Waals surface area contributed by atoms with Crippen LogP contribution in [-0.2, 0) is 17.1 Å². The van der Waals surface area contributed by atoms with Gasteiger partial charge in [0.2, 0.25) is 0 Å². The average Bonchev–Trinajstić information content (AvgIpc) is 2.87. The van der Waals surface area contributed by atoms with Crippen molar-refractivity contribution in [3.63, 3.8) is 0 Å². The molecule has 2 aliphatic rings. The predicted molar refractivity (Wildman–Crippen MR) is 80.4 cm³/mol. The summed E-state index contributed by atoms with van der Waals surface area (Å²) >= 11 is 0. The molecule has 1 aromatic rings. The fraction of sp³-hybridized carbons (Fsp3) is 0.786. The Hall–Kier alpha value is -0.920. The second-order valence-corrected chi connectivity index (χ2v) is 8.12. The van der Waals surface area contributed by atoms with Crippen molar-refractivity contribution in [2.45, 2.75) is 61.6 Å². The van der Waals surface area contributed by atoms with Gasteiger partial charge >= 0.3 is 0 Å². The first-order valence-corrected chi connectivity index (χ1v) is 9.23. The number of rotatable bonds is 3. The molecule has 2 fully saturated rings. The average molecular weight is 312 g/mol. The standard InChI is InChI=1S/C14H24N4O2S/c1-18-10-13(15-11-18)21(19,20)17-12-5-8-16-14(9-12)6-3-2-4-7-14/h10-12,16-17H,2-9H2,1H3. The molecule has 118 valence electrons. The van der Waals surface area contributed by atoms with Gasteiger partial charge in [0.1, 0.15) is 0 Å². The molecule has 0 amide bonds. The fourth-order valence-corrected chi connectivity index (χ4v) is 4.93. The van der Waals surface area contributed by atoms with Crippen molar-refractivity contribution in [3.8, 4) is 0 Å². The lowest BCUT2D eigenvalue weighted by atomic mass is 9.75. The molecule has 1 aliphatic carbocycles. The molecule has 1 spiro atoms. The van der Waals surface area contributed by atoms with Crippen LogP contribution in [0, 0.1) is 0 Å². The van der Waals surface area contributed by atoms with Crippen molar-refractivity contribution in [1.82, 2.24) is 19.6 Å². The minimum absolute atomic E-state index is 0.0105. The van der Waals surface area contributed by atoms with Crippen LogP contribution in [-0.4, -0.2) is 36.1 Å². The number of nitrogens with one attached hydrogen (secondary N) is 2. The lowest BCUT2D eigenvalue weighted by Gasteiger charge is -2.44. The van der Waals surface area contributed by atoms with Crippen LogP contribution in [0.2, 0.25) is 0 Å². The third-order valence-corrected chi connectivity index (χ3v) is 6.12. The van der Waals surface area contributed by atoms with Crippen LogP contribution >= 0.6 is 0 Å². The minimum Gasteiger partial charge on any atom is -0.339 e. The number of hydrogen-bond donors (Lipinski definition) is 2. The van der Waals surface area contributed by atoms with E-state index in [4.69, 9.17) is 0 Å². The molecule has 3 rings (SSSR count). The summed E-state index contributed by atoms with van der Waals surface area (Å²) in [4.78, 5) is 3.95. The Labute approximate surface area is 126 Å². The van der Waals surface area contributed by atoms with E-state index in [1.807, 2.05) is 0 Å². The topological polar surface area (TPSA) is 76.0 Å². The second-order valence-electron chi connectivity index (χ2n) is 6.46. The van der Waals surface area contributed by atoms with Crippen LogP contribution in [0.1, 0.15) is 44.9 Å². The van der Waals surface area contributed by atoms with Crippen LogP contribution in [0.5, 0.6) is 0 Å². The highest BCUT2D eigenvalue weighted by Gasteiger charge is 2.38. The Morgan fingerprint density at radius 1 is 1.38 bits per heavy atom. The summed E-state index contributed by atoms with van der Waals surface area (Å²) in [5.41, 5.74) is 0.147. The van der Waals surface area contributed by atoms with E-state index in [1.165, 1.54) is 25.6 Å². The summed E-state index contributed by atoms with van der Waals surface area (Å²) in [6.45, 7) is 0.884. The van der Waals surface area contributed by atoms with E-state index in [1.54, 1.807) is 17.8 Å². The van der Waals surface area contributed by atoms with Gasteiger partial charge in [0.05, 0.1) is 6.33 Å². The number of aromatic nitrogens is 2. The molecular formula is C14H24N4O2S. The van der Waals surface area contributed by atoms with E-state index in [0.717, 1.165) is 32.2 Å². The number of aryl methyl sites for hydroxylation is 1. The molecule has 1 atom stereocenters. The number of sulfonamides is 1. The normalized spacial score (nSPS) is 26.0. The van der Waals surface area contributed by atoms with Crippen LogP contribution < -0.4 is 10.0 Å². The molecule has 2 N–H and O–H groups in total. The highest BCUT2D eigenvalue weighted by molar-refractivity contribution is 7.89. The van der Waals surface area contributed by atoms with Crippen molar-refractivity contribution in [2.24, 2.45) is 7.05 Å². The number of imidazole rings is 1. The second kappa shape index (κ2) is 5.70. The maximum absolute atomic E-state index is 12.4. The zero-order chi connectivity index (χ0) is 14.9. The molecule has 7 heteroatoms. The van der Waals surface area contributed by atoms with Crippen molar-refractivity contribution in [1.29, 1.82) is 0 Å². The number of hydrogen-bond acceptors (Lipinski definition) is 4. The van der Waals surface area contributed by atoms with Gasteiger partial charge in [-0.1, -0.05) is 19.3 Å². The molecular weight excluding hydrogens is 288 g/mol. The maximum Gasteiger partial charge on any atom is 0.259 e. The zero-order valence-corrected chi connectivity index (χ0v) is 13.3. The van der Waals surface area contributed by atoms with Crippen molar-refractivity contribution >= 4 is 10.0 Å². The van der Waals surface area contributed by atoms with Crippen molar-refractivity contribution < 1.29 is 8.42 Å². The Morgan fingerprint density at radius 2 is 2.14 bits per heavy atom. The molecule has 1 aliphatic heterocycles. The SMILES string of the molecule is Cn1cnc(S(=O)(=O)NC2CCNC3(CCCCC3)C2)c1. The lowest BCUT2D eigenvalue weighted by Crippen LogP contribution is -2.57. The van der Waals surface area contributed by atoms with Crippen LogP contribution in [0.25, 0.3) is 0 Å². The summed E-state index contributed by atoms with van der Waals surface area (Å²) in [6.07, 6.45) is 10.9. The van der Waals surface area contributed by atoms with E-state index in [2.05, 4.69) is 15.0 Å². The Bertz CT molecular complexity index is 584. The first-order chi connectivity index (χ1) is 9.99. The molecule has 0 aromatic carbocycles. The smallest absolute Gasteiger partial charge is 0.259 e. The molecule has 6 nitrogen and oxygen atoms in total. The quantitative estimate of drug-likeness (QED) is 0.878. The highest BCUT2D eigenvalue weighted by Crippen LogP contribution is 2.34. The molecule has 0 bridgehead atoms. The minimum atomic E-state index is -3.50. The van der Waals surface area contributed by atoms with Crippen molar-refractivity contribution in [3.05, 3.63) is 12.5 Å². The van der Waals surface area contributed by atoms with E-state index in [0.29, 0.717) is 0 Å². The summed E-state index contributed by atoms with van der Waals surface area (Å²) in [7, 11) is -1.73. The first-order valence-electron chi connectivity index (χ1n) is 7.75. The van der Waals surface area contributed by atoms with E-state index in [-0.39, 0.29) is 16.6 Å². The summed E-state index contributed by atoms with van der Waals surface area (Å²) < 4.78 is 29.3. The van der Waals surface area contributed by atoms with E-state index in [9.17, 15) is 8.42 Å². The van der Waals surface area contributed by atoms with Gasteiger partial charge in [0, 0.05) is 24.8 Å². The maximum atomic E-state index is 12.4. The van der Waals surface area contributed by atoms with E-state index >= 15 is 0 Å². The van der Waals surface area contributed by atoms with Gasteiger partial charge in [0.15, 0.2) is 5.03 Å². The van der Waals surface area contributed by atoms with Gasteiger partial charge in [-0.15, -0.1) is 0 Å². The third-order valence-electron chi connectivity index (χ3n) is 4.72. The van der Waals surface area contributed by atoms with Crippen LogP contribution in [0.4, 0.5) is 0 Å². The molecule has 21 heavy (non-hydrogen) atoms. The van der Waals surface area contributed by atoms with Gasteiger partial charge < -0.3 is 9.88 Å². The largest absolute Gasteiger partial charge is 0.339 e. The number of piperidine rings is 1. The third kappa shape index (κ3) is 3.30. The molecule has 0 radical (unpaired) electrons. The lowest BCUT2D eigenvalue weighted by molar-refractivity contribution is 0.165. The molecule has 1 saturated heterocycles. The monoisotopic (exact) mass is 312 g/mol. The Balaban J connectivity index is 1.69. The zero-order valence-electron chi connectivity index (χ0n) is 12.5. The van der Waals surface area contributed by atoms with Gasteiger partial charge in [-0.3, -0.25) is 0 Å². The van der Waals surface area contributed by atoms with Gasteiger partial charge in [-0.2, -0.15) is 0 Å². The Morgan fingerprint density at radius 3 is 2.81 bits per heavy atom. The van der Waals surface area contributed by atoms with Crippen LogP contribution in [0.15, 0.2) is 17.6 Å². The summed E-state index contributed by atoms with van der Waals surface area (Å²) in [5, 5.41) is 3.75. The van der Waals surface area contributed by atoms with Crippen LogP contribution in [0.3, 0.4) is 0 Å². The molecule has 1 saturated carbocycles. The van der Waals surface area contributed by atoms with Gasteiger partial charge in [-0.05, 0) is 32.2 Å². The molecule has 1 aromatic heterocycles. The fourth-order valence-electron chi connectivity index (χ4n) is 3.67.